The molecule has 6 heteroatoms. The van der Waals surface area contributed by atoms with E-state index in [1.165, 1.54) is 12.1 Å². The Bertz CT molecular complexity index is 1150. The molecule has 0 saturated carbocycles. The van der Waals surface area contributed by atoms with Crippen LogP contribution in [0.3, 0.4) is 0 Å². The van der Waals surface area contributed by atoms with Gasteiger partial charge in [0.2, 0.25) is 0 Å². The Kier molecular flexibility index (Phi) is 6.26. The van der Waals surface area contributed by atoms with Crippen LogP contribution in [0.5, 0.6) is 0 Å². The summed E-state index contributed by atoms with van der Waals surface area (Å²) in [5.41, 5.74) is 8.23. The van der Waals surface area contributed by atoms with Crippen molar-refractivity contribution in [1.82, 2.24) is 0 Å². The van der Waals surface area contributed by atoms with E-state index in [-0.39, 0.29) is 22.7 Å². The highest BCUT2D eigenvalue weighted by atomic mass is 16.4. The predicted octanol–water partition coefficient (Wildman–Crippen LogP) is 3.36. The first-order valence-electron chi connectivity index (χ1n) is 9.10. The van der Waals surface area contributed by atoms with E-state index >= 15 is 0 Å². The summed E-state index contributed by atoms with van der Waals surface area (Å²) in [6.45, 7) is 0.423. The quantitative estimate of drug-likeness (QED) is 0.220. The second-order valence-electron chi connectivity index (χ2n) is 6.40. The molecule has 0 aliphatic carbocycles. The van der Waals surface area contributed by atoms with Gasteiger partial charge in [0.05, 0.1) is 12.1 Å². The largest absolute Gasteiger partial charge is 0.478 e. The summed E-state index contributed by atoms with van der Waals surface area (Å²) in [6.07, 6.45) is 0. The lowest BCUT2D eigenvalue weighted by Gasteiger charge is -2.05. The fourth-order valence-electron chi connectivity index (χ4n) is 2.79. The van der Waals surface area contributed by atoms with E-state index < -0.39 is 5.97 Å². The van der Waals surface area contributed by atoms with Gasteiger partial charge in [-0.2, -0.15) is 0 Å². The number of nitrogen functional groups attached to an aromatic ring is 1. The molecule has 0 spiro atoms. The van der Waals surface area contributed by atoms with Crippen molar-refractivity contribution in [2.75, 3.05) is 11.9 Å². The van der Waals surface area contributed by atoms with Gasteiger partial charge in [-0.25, -0.2) is 4.79 Å². The summed E-state index contributed by atoms with van der Waals surface area (Å²) in [6, 6.07) is 20.1. The molecule has 0 radical (unpaired) electrons. The van der Waals surface area contributed by atoms with Crippen LogP contribution in [0.15, 0.2) is 72.8 Å². The number of carbonyl (C=O) groups excluding carboxylic acids is 1. The third-order valence-electron chi connectivity index (χ3n) is 4.36. The summed E-state index contributed by atoms with van der Waals surface area (Å²) in [7, 11) is 0. The predicted molar refractivity (Wildman–Crippen MR) is 116 cm³/mol. The summed E-state index contributed by atoms with van der Waals surface area (Å²) in [5.74, 6) is 4.55. The molecule has 30 heavy (non-hydrogen) atoms. The van der Waals surface area contributed by atoms with Gasteiger partial charge in [0.15, 0.2) is 5.78 Å². The van der Waals surface area contributed by atoms with E-state index in [9.17, 15) is 14.7 Å². The van der Waals surface area contributed by atoms with Gasteiger partial charge in [-0.15, -0.1) is 0 Å². The van der Waals surface area contributed by atoms with Crippen LogP contribution in [0.4, 0.5) is 5.69 Å². The average molecular weight is 397 g/mol. The second-order valence-corrected chi connectivity index (χ2v) is 6.40. The Hall–Kier alpha value is -4.37. The molecule has 0 aromatic heterocycles. The fraction of sp³-hybridized carbons (Fsp3) is 0.0417. The van der Waals surface area contributed by atoms with Gasteiger partial charge in [0.1, 0.15) is 5.84 Å². The number of carbonyl (C=O) groups is 2. The van der Waals surface area contributed by atoms with E-state index in [0.29, 0.717) is 17.7 Å². The first-order chi connectivity index (χ1) is 14.5. The monoisotopic (exact) mass is 397 g/mol. The molecule has 0 atom stereocenters. The Morgan fingerprint density at radius 2 is 1.50 bits per heavy atom. The number of amidine groups is 1. The molecule has 3 rings (SSSR count). The molecule has 0 saturated heterocycles. The molecule has 0 aliphatic heterocycles. The highest BCUT2D eigenvalue weighted by molar-refractivity contribution is 6.14. The van der Waals surface area contributed by atoms with E-state index in [2.05, 4.69) is 17.2 Å². The van der Waals surface area contributed by atoms with Crippen LogP contribution in [0.2, 0.25) is 0 Å². The molecule has 148 valence electrons. The first-order valence-corrected chi connectivity index (χ1v) is 9.10. The maximum Gasteiger partial charge on any atom is 0.336 e. The number of carboxylic acid groups (broad SMARTS) is 1. The molecule has 0 amide bonds. The Labute approximate surface area is 173 Å². The molecule has 5 N–H and O–H groups in total. The summed E-state index contributed by atoms with van der Waals surface area (Å²) < 4.78 is 0. The standard InChI is InChI=1S/C24H19N3O3/c25-23(26)18-11-13-19(14-12-18)27-15-3-4-16-7-9-17(10-8-16)22(28)20-5-1-2-6-21(20)24(29)30/h1-2,5-14,27H,15H2,(H3,25,26)(H,29,30). The van der Waals surface area contributed by atoms with E-state index in [4.69, 9.17) is 11.1 Å². The maximum atomic E-state index is 12.6. The number of aromatic carboxylic acids is 1. The van der Waals surface area contributed by atoms with Gasteiger partial charge in [0, 0.05) is 27.9 Å². The molecule has 3 aromatic rings. The van der Waals surface area contributed by atoms with Crippen molar-refractivity contribution in [2.24, 2.45) is 5.73 Å². The van der Waals surface area contributed by atoms with Crippen molar-refractivity contribution >= 4 is 23.3 Å². The first kappa shape index (κ1) is 20.4. The lowest BCUT2D eigenvalue weighted by atomic mass is 9.98. The third kappa shape index (κ3) is 4.91. The van der Waals surface area contributed by atoms with Crippen molar-refractivity contribution in [3.05, 3.63) is 101 Å². The number of nitrogens with one attached hydrogen (secondary N) is 2. The minimum absolute atomic E-state index is 0.0196. The molecular weight excluding hydrogens is 378 g/mol. The molecule has 0 heterocycles. The number of hydrogen-bond donors (Lipinski definition) is 4. The minimum atomic E-state index is -1.13. The van der Waals surface area contributed by atoms with Crippen molar-refractivity contribution in [3.63, 3.8) is 0 Å². The number of ketones is 1. The zero-order valence-corrected chi connectivity index (χ0v) is 16.0. The summed E-state index contributed by atoms with van der Waals surface area (Å²) in [5, 5.41) is 19.8. The van der Waals surface area contributed by atoms with Crippen molar-refractivity contribution in [3.8, 4) is 11.8 Å². The molecule has 0 aliphatic rings. The Morgan fingerprint density at radius 1 is 0.900 bits per heavy atom. The number of hydrogen-bond acceptors (Lipinski definition) is 4. The number of nitrogens with two attached hydrogens (primary N) is 1. The second kappa shape index (κ2) is 9.22. The van der Waals surface area contributed by atoms with Crippen molar-refractivity contribution in [1.29, 1.82) is 5.41 Å². The topological polar surface area (TPSA) is 116 Å². The summed E-state index contributed by atoms with van der Waals surface area (Å²) in [4.78, 5) is 24.0. The lowest BCUT2D eigenvalue weighted by molar-refractivity contribution is 0.0693. The van der Waals surface area contributed by atoms with Gasteiger partial charge in [-0.1, -0.05) is 30.0 Å². The molecular formula is C24H19N3O3. The number of benzene rings is 3. The van der Waals surface area contributed by atoms with Gasteiger partial charge in [-0.3, -0.25) is 10.2 Å². The Balaban J connectivity index is 1.63. The van der Waals surface area contributed by atoms with E-state index in [1.54, 1.807) is 48.5 Å². The normalized spacial score (nSPS) is 9.87. The van der Waals surface area contributed by atoms with Crippen LogP contribution < -0.4 is 11.1 Å². The van der Waals surface area contributed by atoms with Gasteiger partial charge < -0.3 is 16.2 Å². The van der Waals surface area contributed by atoms with Crippen molar-refractivity contribution in [2.45, 2.75) is 0 Å². The van der Waals surface area contributed by atoms with Crippen LogP contribution in [0.1, 0.15) is 37.4 Å². The average Bonchev–Trinajstić information content (AvgIpc) is 2.77. The van der Waals surface area contributed by atoms with Gasteiger partial charge in [0.25, 0.3) is 0 Å². The molecule has 0 unspecified atom stereocenters. The number of carboxylic acids is 1. The molecule has 6 nitrogen and oxygen atoms in total. The highest BCUT2D eigenvalue weighted by Crippen LogP contribution is 2.15. The third-order valence-corrected chi connectivity index (χ3v) is 4.36. The maximum absolute atomic E-state index is 12.6. The minimum Gasteiger partial charge on any atom is -0.478 e. The number of rotatable bonds is 6. The van der Waals surface area contributed by atoms with Crippen LogP contribution in [0, 0.1) is 17.3 Å². The van der Waals surface area contributed by atoms with Crippen LogP contribution in [0.25, 0.3) is 0 Å². The van der Waals surface area contributed by atoms with Gasteiger partial charge >= 0.3 is 5.97 Å². The zero-order valence-electron chi connectivity index (χ0n) is 16.0. The van der Waals surface area contributed by atoms with Crippen LogP contribution in [-0.2, 0) is 0 Å². The highest BCUT2D eigenvalue weighted by Gasteiger charge is 2.17. The molecule has 3 aromatic carbocycles. The molecule has 0 fully saturated rings. The zero-order chi connectivity index (χ0) is 21.5. The lowest BCUT2D eigenvalue weighted by Crippen LogP contribution is -2.10. The van der Waals surface area contributed by atoms with Gasteiger partial charge in [-0.05, 0) is 54.6 Å². The van der Waals surface area contributed by atoms with Crippen LogP contribution in [-0.4, -0.2) is 29.2 Å². The summed E-state index contributed by atoms with van der Waals surface area (Å²) >= 11 is 0. The fourth-order valence-corrected chi connectivity index (χ4v) is 2.79. The smallest absolute Gasteiger partial charge is 0.336 e. The molecule has 0 bridgehead atoms. The Morgan fingerprint density at radius 3 is 2.10 bits per heavy atom. The number of anilines is 1. The SMILES string of the molecule is N=C(N)c1ccc(NCC#Cc2ccc(C(=O)c3ccccc3C(=O)O)cc2)cc1. The van der Waals surface area contributed by atoms with Crippen molar-refractivity contribution < 1.29 is 14.7 Å². The van der Waals surface area contributed by atoms with E-state index in [0.717, 1.165) is 11.3 Å². The van der Waals surface area contributed by atoms with E-state index in [1.807, 2.05) is 12.1 Å². The van der Waals surface area contributed by atoms with Crippen LogP contribution >= 0.6 is 0 Å².